The summed E-state index contributed by atoms with van der Waals surface area (Å²) in [5.41, 5.74) is 5.97. The minimum Gasteiger partial charge on any atom is -0.393 e. The van der Waals surface area contributed by atoms with Gasteiger partial charge in [0.2, 0.25) is 0 Å². The smallest absolute Gasteiger partial charge is 0.0541 e. The third-order valence-corrected chi connectivity index (χ3v) is 3.67. The molecule has 0 spiro atoms. The second-order valence-corrected chi connectivity index (χ2v) is 4.86. The van der Waals surface area contributed by atoms with Gasteiger partial charge in [-0.25, -0.2) is 0 Å². The first-order valence-electron chi connectivity index (χ1n) is 5.93. The highest BCUT2D eigenvalue weighted by Gasteiger charge is 2.27. The first-order valence-corrected chi connectivity index (χ1v) is 5.93. The lowest BCUT2D eigenvalue weighted by atomic mass is 9.90. The van der Waals surface area contributed by atoms with Crippen LogP contribution in [0.25, 0.3) is 0 Å². The van der Waals surface area contributed by atoms with Gasteiger partial charge in [0.15, 0.2) is 0 Å². The molecule has 1 atom stereocenters. The minimum absolute atomic E-state index is 0.0373. The molecule has 1 aliphatic carbocycles. The Bertz CT molecular complexity index is 178. The molecule has 1 saturated carbocycles. The van der Waals surface area contributed by atoms with Crippen LogP contribution < -0.4 is 5.73 Å². The molecule has 1 saturated heterocycles. The van der Waals surface area contributed by atoms with Crippen LogP contribution in [0.1, 0.15) is 38.5 Å². The van der Waals surface area contributed by atoms with Gasteiger partial charge in [-0.2, -0.15) is 0 Å². The van der Waals surface area contributed by atoms with E-state index in [4.69, 9.17) is 5.73 Å². The molecule has 0 bridgehead atoms. The van der Waals surface area contributed by atoms with Gasteiger partial charge in [0.05, 0.1) is 6.10 Å². The van der Waals surface area contributed by atoms with Crippen LogP contribution in [0.3, 0.4) is 0 Å². The summed E-state index contributed by atoms with van der Waals surface area (Å²) in [6.07, 6.45) is 6.69. The SMILES string of the molecule is NC1CCCN(C2CCC(O)CC2)C1. The monoisotopic (exact) mass is 198 g/mol. The quantitative estimate of drug-likeness (QED) is 0.652. The van der Waals surface area contributed by atoms with Crippen molar-refractivity contribution in [2.24, 2.45) is 5.73 Å². The fourth-order valence-corrected chi connectivity index (χ4v) is 2.80. The number of likely N-dealkylation sites (tertiary alicyclic amines) is 1. The zero-order valence-electron chi connectivity index (χ0n) is 8.86. The Morgan fingerprint density at radius 2 is 1.79 bits per heavy atom. The molecule has 0 aromatic heterocycles. The van der Waals surface area contributed by atoms with E-state index in [1.54, 1.807) is 0 Å². The predicted octanol–water partition coefficient (Wildman–Crippen LogP) is 0.713. The maximum Gasteiger partial charge on any atom is 0.0541 e. The van der Waals surface area contributed by atoms with Crippen molar-refractivity contribution in [3.63, 3.8) is 0 Å². The summed E-state index contributed by atoms with van der Waals surface area (Å²) in [6.45, 7) is 2.29. The molecule has 82 valence electrons. The second-order valence-electron chi connectivity index (χ2n) is 4.86. The van der Waals surface area contributed by atoms with E-state index in [-0.39, 0.29) is 6.10 Å². The van der Waals surface area contributed by atoms with Gasteiger partial charge >= 0.3 is 0 Å². The normalized spacial score (nSPS) is 41.1. The highest BCUT2D eigenvalue weighted by molar-refractivity contribution is 4.84. The fourth-order valence-electron chi connectivity index (χ4n) is 2.80. The molecule has 3 heteroatoms. The molecule has 1 aliphatic heterocycles. The average molecular weight is 198 g/mol. The van der Waals surface area contributed by atoms with E-state index in [1.807, 2.05) is 0 Å². The molecular formula is C11H22N2O. The summed E-state index contributed by atoms with van der Waals surface area (Å²) in [5, 5.41) is 9.43. The van der Waals surface area contributed by atoms with Crippen molar-refractivity contribution >= 4 is 0 Å². The topological polar surface area (TPSA) is 49.5 Å². The first kappa shape index (κ1) is 10.4. The molecule has 0 amide bonds. The van der Waals surface area contributed by atoms with E-state index in [9.17, 15) is 5.11 Å². The highest BCUT2D eigenvalue weighted by Crippen LogP contribution is 2.25. The maximum atomic E-state index is 9.43. The Morgan fingerprint density at radius 3 is 2.43 bits per heavy atom. The molecule has 0 aromatic carbocycles. The van der Waals surface area contributed by atoms with Crippen molar-refractivity contribution in [3.05, 3.63) is 0 Å². The zero-order valence-corrected chi connectivity index (χ0v) is 8.86. The van der Waals surface area contributed by atoms with Crippen LogP contribution in [-0.4, -0.2) is 41.3 Å². The molecule has 14 heavy (non-hydrogen) atoms. The van der Waals surface area contributed by atoms with Crippen molar-refractivity contribution < 1.29 is 5.11 Å². The summed E-state index contributed by atoms with van der Waals surface area (Å²) in [5.74, 6) is 0. The lowest BCUT2D eigenvalue weighted by Gasteiger charge is -2.39. The van der Waals surface area contributed by atoms with Crippen LogP contribution in [-0.2, 0) is 0 Å². The Labute approximate surface area is 86.3 Å². The Balaban J connectivity index is 1.82. The number of hydrogen-bond acceptors (Lipinski definition) is 3. The molecule has 0 radical (unpaired) electrons. The lowest BCUT2D eigenvalue weighted by Crippen LogP contribution is -2.49. The van der Waals surface area contributed by atoms with Crippen molar-refractivity contribution in [2.75, 3.05) is 13.1 Å². The van der Waals surface area contributed by atoms with E-state index in [0.717, 1.165) is 32.2 Å². The standard InChI is InChI=1S/C11H22N2O/c12-9-2-1-7-13(8-9)10-3-5-11(14)6-4-10/h9-11,14H,1-8,12H2. The van der Waals surface area contributed by atoms with Gasteiger partial charge in [0.25, 0.3) is 0 Å². The van der Waals surface area contributed by atoms with Crippen molar-refractivity contribution in [2.45, 2.75) is 56.7 Å². The molecule has 1 unspecified atom stereocenters. The summed E-state index contributed by atoms with van der Waals surface area (Å²) < 4.78 is 0. The van der Waals surface area contributed by atoms with Gasteiger partial charge in [-0.15, -0.1) is 0 Å². The largest absolute Gasteiger partial charge is 0.393 e. The summed E-state index contributed by atoms with van der Waals surface area (Å²) >= 11 is 0. The summed E-state index contributed by atoms with van der Waals surface area (Å²) in [7, 11) is 0. The van der Waals surface area contributed by atoms with Crippen molar-refractivity contribution in [3.8, 4) is 0 Å². The van der Waals surface area contributed by atoms with Crippen molar-refractivity contribution in [1.29, 1.82) is 0 Å². The number of rotatable bonds is 1. The van der Waals surface area contributed by atoms with Gasteiger partial charge in [0, 0.05) is 18.6 Å². The molecular weight excluding hydrogens is 176 g/mol. The molecule has 2 rings (SSSR count). The Kier molecular flexibility index (Phi) is 3.42. The molecule has 1 heterocycles. The van der Waals surface area contributed by atoms with Gasteiger partial charge in [0.1, 0.15) is 0 Å². The molecule has 0 aromatic rings. The zero-order chi connectivity index (χ0) is 9.97. The van der Waals surface area contributed by atoms with Crippen LogP contribution in [0.4, 0.5) is 0 Å². The van der Waals surface area contributed by atoms with Crippen LogP contribution in [0.2, 0.25) is 0 Å². The van der Waals surface area contributed by atoms with E-state index in [2.05, 4.69) is 4.90 Å². The Morgan fingerprint density at radius 1 is 1.07 bits per heavy atom. The van der Waals surface area contributed by atoms with Crippen LogP contribution in [0.5, 0.6) is 0 Å². The number of piperidine rings is 1. The van der Waals surface area contributed by atoms with Crippen molar-refractivity contribution in [1.82, 2.24) is 4.90 Å². The van der Waals surface area contributed by atoms with E-state index in [0.29, 0.717) is 12.1 Å². The lowest BCUT2D eigenvalue weighted by molar-refractivity contribution is 0.0610. The number of nitrogens with two attached hydrogens (primary N) is 1. The van der Waals surface area contributed by atoms with Crippen LogP contribution in [0.15, 0.2) is 0 Å². The van der Waals surface area contributed by atoms with Gasteiger partial charge in [-0.05, 0) is 45.1 Å². The number of hydrogen-bond donors (Lipinski definition) is 2. The highest BCUT2D eigenvalue weighted by atomic mass is 16.3. The van der Waals surface area contributed by atoms with Gasteiger partial charge in [-0.3, -0.25) is 4.90 Å². The third-order valence-electron chi connectivity index (χ3n) is 3.67. The Hall–Kier alpha value is -0.120. The second kappa shape index (κ2) is 4.60. The van der Waals surface area contributed by atoms with Crippen LogP contribution >= 0.6 is 0 Å². The summed E-state index contributed by atoms with van der Waals surface area (Å²) in [4.78, 5) is 2.54. The van der Waals surface area contributed by atoms with E-state index < -0.39 is 0 Å². The van der Waals surface area contributed by atoms with Crippen LogP contribution in [0, 0.1) is 0 Å². The molecule has 2 fully saturated rings. The van der Waals surface area contributed by atoms with E-state index >= 15 is 0 Å². The predicted molar refractivity (Wildman–Crippen MR) is 57.0 cm³/mol. The van der Waals surface area contributed by atoms with Gasteiger partial charge < -0.3 is 10.8 Å². The molecule has 3 N–H and O–H groups in total. The number of aliphatic hydroxyl groups is 1. The summed E-state index contributed by atoms with van der Waals surface area (Å²) in [6, 6.07) is 1.08. The average Bonchev–Trinajstić information content (AvgIpc) is 2.19. The van der Waals surface area contributed by atoms with E-state index in [1.165, 1.54) is 19.4 Å². The fraction of sp³-hybridized carbons (Fsp3) is 1.00. The number of nitrogens with zero attached hydrogens (tertiary/aromatic N) is 1. The third kappa shape index (κ3) is 2.47. The first-order chi connectivity index (χ1) is 6.75. The minimum atomic E-state index is -0.0373. The number of aliphatic hydroxyl groups excluding tert-OH is 1. The molecule has 3 nitrogen and oxygen atoms in total. The van der Waals surface area contributed by atoms with Gasteiger partial charge in [-0.1, -0.05) is 0 Å². The molecule has 2 aliphatic rings. The maximum absolute atomic E-state index is 9.43.